The largest absolute Gasteiger partial charge is 0.223 e. The lowest BCUT2D eigenvalue weighted by Gasteiger charge is -2.17. The van der Waals surface area contributed by atoms with Gasteiger partial charge in [-0.2, -0.15) is 17.0 Å². The van der Waals surface area contributed by atoms with Gasteiger partial charge in [0.25, 0.3) is 0 Å². The van der Waals surface area contributed by atoms with Crippen molar-refractivity contribution in [3.8, 4) is 6.07 Å². The molecule has 1 aromatic rings. The molecular formula is C9H6Cl2N2S. The maximum atomic E-state index is 8.94. The van der Waals surface area contributed by atoms with E-state index >= 15 is 0 Å². The Kier molecular flexibility index (Phi) is 2.87. The number of hydrogen-bond donors (Lipinski definition) is 0. The molecule has 0 saturated heterocycles. The lowest BCUT2D eigenvalue weighted by atomic mass is 10.0. The smallest absolute Gasteiger partial charge is 0.148 e. The SMILES string of the molecule is N#Cc1c(Cl)nc(Cl)c2c1CCSC2. The van der Waals surface area contributed by atoms with Crippen molar-refractivity contribution in [3.05, 3.63) is 27.0 Å². The molecule has 2 nitrogen and oxygen atoms in total. The fourth-order valence-electron chi connectivity index (χ4n) is 1.49. The Labute approximate surface area is 96.2 Å². The Morgan fingerprint density at radius 2 is 2.07 bits per heavy atom. The van der Waals surface area contributed by atoms with E-state index in [1.807, 2.05) is 0 Å². The summed E-state index contributed by atoms with van der Waals surface area (Å²) in [6, 6.07) is 2.09. The van der Waals surface area contributed by atoms with Crippen molar-refractivity contribution in [3.63, 3.8) is 0 Å². The molecule has 72 valence electrons. The predicted molar refractivity (Wildman–Crippen MR) is 58.8 cm³/mol. The zero-order valence-electron chi connectivity index (χ0n) is 7.18. The first-order valence-electron chi connectivity index (χ1n) is 4.08. The van der Waals surface area contributed by atoms with Gasteiger partial charge in [0.2, 0.25) is 0 Å². The van der Waals surface area contributed by atoms with Crippen molar-refractivity contribution in [2.24, 2.45) is 0 Å². The highest BCUT2D eigenvalue weighted by Gasteiger charge is 2.20. The molecule has 1 aromatic heterocycles. The molecule has 0 saturated carbocycles. The Morgan fingerprint density at radius 1 is 1.29 bits per heavy atom. The molecule has 0 bridgehead atoms. The molecule has 0 radical (unpaired) electrons. The molecule has 0 N–H and O–H groups in total. The topological polar surface area (TPSA) is 36.7 Å². The predicted octanol–water partition coefficient (Wildman–Crippen LogP) is 3.05. The third kappa shape index (κ3) is 1.58. The highest BCUT2D eigenvalue weighted by Crippen LogP contribution is 2.33. The number of nitrogens with zero attached hydrogens (tertiary/aromatic N) is 2. The Balaban J connectivity index is 2.69. The van der Waals surface area contributed by atoms with Gasteiger partial charge in [-0.05, 0) is 17.7 Å². The van der Waals surface area contributed by atoms with Crippen LogP contribution in [0.2, 0.25) is 10.3 Å². The molecule has 1 aliphatic heterocycles. The van der Waals surface area contributed by atoms with E-state index in [0.29, 0.717) is 10.7 Å². The first-order valence-corrected chi connectivity index (χ1v) is 5.99. The number of halogens is 2. The summed E-state index contributed by atoms with van der Waals surface area (Å²) in [6.07, 6.45) is 0.852. The second kappa shape index (κ2) is 3.98. The van der Waals surface area contributed by atoms with Crippen LogP contribution < -0.4 is 0 Å². The standard InChI is InChI=1S/C9H6Cl2N2S/c10-8-6(3-12)5-1-2-14-4-7(5)9(11)13-8/h1-2,4H2. The summed E-state index contributed by atoms with van der Waals surface area (Å²) in [7, 11) is 0. The molecule has 0 amide bonds. The highest BCUT2D eigenvalue weighted by molar-refractivity contribution is 7.98. The van der Waals surface area contributed by atoms with Crippen LogP contribution in [0.15, 0.2) is 0 Å². The number of hydrogen-bond acceptors (Lipinski definition) is 3. The van der Waals surface area contributed by atoms with Gasteiger partial charge in [0.15, 0.2) is 0 Å². The van der Waals surface area contributed by atoms with Crippen molar-refractivity contribution < 1.29 is 0 Å². The maximum Gasteiger partial charge on any atom is 0.148 e. The zero-order valence-corrected chi connectivity index (χ0v) is 9.51. The lowest BCUT2D eigenvalue weighted by Crippen LogP contribution is -2.07. The molecule has 0 aliphatic carbocycles. The van der Waals surface area contributed by atoms with E-state index < -0.39 is 0 Å². The van der Waals surface area contributed by atoms with Gasteiger partial charge in [0, 0.05) is 11.3 Å². The number of thioether (sulfide) groups is 1. The van der Waals surface area contributed by atoms with Crippen LogP contribution in [0.4, 0.5) is 0 Å². The van der Waals surface area contributed by atoms with Gasteiger partial charge >= 0.3 is 0 Å². The highest BCUT2D eigenvalue weighted by atomic mass is 35.5. The molecular weight excluding hydrogens is 239 g/mol. The van der Waals surface area contributed by atoms with Crippen LogP contribution in [0.3, 0.4) is 0 Å². The first-order chi connectivity index (χ1) is 6.74. The molecule has 0 spiro atoms. The number of fused-ring (bicyclic) bond motifs is 1. The van der Waals surface area contributed by atoms with Crippen LogP contribution in [0, 0.1) is 11.3 Å². The minimum absolute atomic E-state index is 0.225. The monoisotopic (exact) mass is 244 g/mol. The van der Waals surface area contributed by atoms with Crippen LogP contribution in [0.25, 0.3) is 0 Å². The van der Waals surface area contributed by atoms with Crippen LogP contribution in [0.1, 0.15) is 16.7 Å². The molecule has 1 aliphatic rings. The second-order valence-corrected chi connectivity index (χ2v) is 4.76. The third-order valence-corrected chi connectivity index (χ3v) is 3.74. The van der Waals surface area contributed by atoms with Crippen molar-refractivity contribution in [2.45, 2.75) is 12.2 Å². The second-order valence-electron chi connectivity index (χ2n) is 2.94. The molecule has 2 rings (SSSR count). The molecule has 14 heavy (non-hydrogen) atoms. The van der Waals surface area contributed by atoms with Crippen LogP contribution in [0.5, 0.6) is 0 Å². The Hall–Kier alpha value is -0.430. The van der Waals surface area contributed by atoms with E-state index in [1.165, 1.54) is 0 Å². The van der Waals surface area contributed by atoms with Crippen LogP contribution in [-0.2, 0) is 12.2 Å². The van der Waals surface area contributed by atoms with E-state index in [9.17, 15) is 0 Å². The minimum atomic E-state index is 0.225. The molecule has 5 heteroatoms. The summed E-state index contributed by atoms with van der Waals surface area (Å²) in [5.41, 5.74) is 2.45. The number of rotatable bonds is 0. The number of pyridine rings is 1. The normalized spacial score (nSPS) is 14.6. The summed E-state index contributed by atoms with van der Waals surface area (Å²) < 4.78 is 0. The lowest BCUT2D eigenvalue weighted by molar-refractivity contribution is 1.05. The first kappa shape index (κ1) is 10.1. The van der Waals surface area contributed by atoms with E-state index in [0.717, 1.165) is 29.1 Å². The molecule has 2 heterocycles. The van der Waals surface area contributed by atoms with Crippen LogP contribution >= 0.6 is 35.0 Å². The maximum absolute atomic E-state index is 8.94. The van der Waals surface area contributed by atoms with E-state index in [2.05, 4.69) is 11.1 Å². The fraction of sp³-hybridized carbons (Fsp3) is 0.333. The summed E-state index contributed by atoms with van der Waals surface area (Å²) in [5.74, 6) is 1.84. The summed E-state index contributed by atoms with van der Waals surface area (Å²) in [4.78, 5) is 3.95. The van der Waals surface area contributed by atoms with Crippen molar-refractivity contribution >= 4 is 35.0 Å². The molecule has 0 unspecified atom stereocenters. The molecule has 0 atom stereocenters. The number of nitriles is 1. The van der Waals surface area contributed by atoms with Gasteiger partial charge in [-0.1, -0.05) is 23.2 Å². The van der Waals surface area contributed by atoms with Gasteiger partial charge < -0.3 is 0 Å². The summed E-state index contributed by atoms with van der Waals surface area (Å²) >= 11 is 13.6. The van der Waals surface area contributed by atoms with Gasteiger partial charge in [-0.3, -0.25) is 0 Å². The number of aromatic nitrogens is 1. The molecule has 0 aromatic carbocycles. The average Bonchev–Trinajstić information content (AvgIpc) is 2.18. The summed E-state index contributed by atoms with van der Waals surface area (Å²) in [6.45, 7) is 0. The zero-order chi connectivity index (χ0) is 10.1. The third-order valence-electron chi connectivity index (χ3n) is 2.17. The van der Waals surface area contributed by atoms with E-state index in [-0.39, 0.29) is 5.15 Å². The van der Waals surface area contributed by atoms with E-state index in [1.54, 1.807) is 11.8 Å². The quantitative estimate of drug-likeness (QED) is 0.659. The minimum Gasteiger partial charge on any atom is -0.223 e. The van der Waals surface area contributed by atoms with Crippen molar-refractivity contribution in [1.29, 1.82) is 5.26 Å². The Bertz CT molecular complexity index is 426. The average molecular weight is 245 g/mol. The Morgan fingerprint density at radius 3 is 2.79 bits per heavy atom. The fourth-order valence-corrected chi connectivity index (χ4v) is 3.13. The van der Waals surface area contributed by atoms with Gasteiger partial charge in [-0.25, -0.2) is 4.98 Å². The summed E-state index contributed by atoms with van der Waals surface area (Å²) in [5, 5.41) is 9.61. The van der Waals surface area contributed by atoms with Gasteiger partial charge in [-0.15, -0.1) is 0 Å². The van der Waals surface area contributed by atoms with E-state index in [4.69, 9.17) is 28.5 Å². The van der Waals surface area contributed by atoms with Crippen LogP contribution in [-0.4, -0.2) is 10.7 Å². The molecule has 0 fully saturated rings. The van der Waals surface area contributed by atoms with Crippen molar-refractivity contribution in [1.82, 2.24) is 4.98 Å². The van der Waals surface area contributed by atoms with Gasteiger partial charge in [0.1, 0.15) is 16.4 Å². The van der Waals surface area contributed by atoms with Gasteiger partial charge in [0.05, 0.1) is 5.56 Å². The van der Waals surface area contributed by atoms with Crippen molar-refractivity contribution in [2.75, 3.05) is 5.75 Å².